The van der Waals surface area contributed by atoms with Gasteiger partial charge in [-0.2, -0.15) is 0 Å². The number of likely N-dealkylation sites (tertiary alicyclic amines) is 1. The molecule has 116 valence electrons. The van der Waals surface area contributed by atoms with E-state index in [2.05, 4.69) is 29.2 Å². The molecule has 0 unspecified atom stereocenters. The monoisotopic (exact) mass is 322 g/mol. The Morgan fingerprint density at radius 3 is 2.65 bits per heavy atom. The van der Waals surface area contributed by atoms with Crippen molar-refractivity contribution in [2.24, 2.45) is 4.99 Å². The van der Waals surface area contributed by atoms with Gasteiger partial charge in [0.2, 0.25) is 0 Å². The van der Waals surface area contributed by atoms with Crippen LogP contribution in [0.4, 0.5) is 5.69 Å². The van der Waals surface area contributed by atoms with Crippen molar-refractivity contribution in [1.29, 1.82) is 0 Å². The van der Waals surface area contributed by atoms with Gasteiger partial charge in [-0.3, -0.25) is 4.79 Å². The fraction of sp³-hybridized carbons (Fsp3) is 0.263. The van der Waals surface area contributed by atoms with E-state index in [0.717, 1.165) is 35.8 Å². The van der Waals surface area contributed by atoms with E-state index < -0.39 is 0 Å². The number of piperidine rings is 1. The molecule has 0 aliphatic carbocycles. The van der Waals surface area contributed by atoms with Crippen LogP contribution < -0.4 is 0 Å². The van der Waals surface area contributed by atoms with Crippen molar-refractivity contribution in [3.63, 3.8) is 0 Å². The number of fused-ring (bicyclic) bond motifs is 2. The fourth-order valence-electron chi connectivity index (χ4n) is 3.16. The number of carbonyl (C=O) groups excluding carboxylic acids is 1. The molecule has 0 radical (unpaired) electrons. The summed E-state index contributed by atoms with van der Waals surface area (Å²) in [5, 5.41) is 0. The summed E-state index contributed by atoms with van der Waals surface area (Å²) in [4.78, 5) is 20.8. The quantitative estimate of drug-likeness (QED) is 0.723. The SMILES string of the molecule is O=Cc1ccc2c(c1)N=C(N1CCCCC1)c1ccccc1S2. The van der Waals surface area contributed by atoms with Crippen molar-refractivity contribution in [3.8, 4) is 0 Å². The minimum Gasteiger partial charge on any atom is -0.356 e. The summed E-state index contributed by atoms with van der Waals surface area (Å²) in [5.41, 5.74) is 2.77. The van der Waals surface area contributed by atoms with Crippen molar-refractivity contribution in [3.05, 3.63) is 53.6 Å². The van der Waals surface area contributed by atoms with E-state index in [0.29, 0.717) is 5.56 Å². The summed E-state index contributed by atoms with van der Waals surface area (Å²) in [6.07, 6.45) is 4.62. The van der Waals surface area contributed by atoms with E-state index in [1.54, 1.807) is 11.8 Å². The normalized spacial score (nSPS) is 16.9. The highest BCUT2D eigenvalue weighted by molar-refractivity contribution is 7.99. The fourth-order valence-corrected chi connectivity index (χ4v) is 4.16. The highest BCUT2D eigenvalue weighted by Gasteiger charge is 2.23. The minimum atomic E-state index is 0.678. The second-order valence-corrected chi connectivity index (χ2v) is 7.01. The molecule has 0 aromatic heterocycles. The summed E-state index contributed by atoms with van der Waals surface area (Å²) in [6.45, 7) is 2.11. The van der Waals surface area contributed by atoms with Crippen LogP contribution in [-0.4, -0.2) is 30.1 Å². The zero-order valence-corrected chi connectivity index (χ0v) is 13.7. The standard InChI is InChI=1S/C19H18N2OS/c22-13-14-8-9-18-16(12-14)20-19(21-10-4-1-5-11-21)15-6-2-3-7-17(15)23-18/h2-3,6-9,12-13H,1,4-5,10-11H2. The summed E-state index contributed by atoms with van der Waals surface area (Å²) in [5.74, 6) is 1.05. The number of hydrogen-bond donors (Lipinski definition) is 0. The highest BCUT2D eigenvalue weighted by atomic mass is 32.2. The summed E-state index contributed by atoms with van der Waals surface area (Å²) in [7, 11) is 0. The van der Waals surface area contributed by atoms with Crippen molar-refractivity contribution in [2.45, 2.75) is 29.1 Å². The lowest BCUT2D eigenvalue weighted by Crippen LogP contribution is -2.36. The lowest BCUT2D eigenvalue weighted by Gasteiger charge is -2.30. The Labute approximate surface area is 140 Å². The van der Waals surface area contributed by atoms with Crippen molar-refractivity contribution >= 4 is 29.6 Å². The molecule has 3 nitrogen and oxygen atoms in total. The third-order valence-corrected chi connectivity index (χ3v) is 5.49. The maximum Gasteiger partial charge on any atom is 0.150 e. The Morgan fingerprint density at radius 2 is 1.83 bits per heavy atom. The molecule has 2 aromatic rings. The molecule has 0 amide bonds. The zero-order chi connectivity index (χ0) is 15.6. The van der Waals surface area contributed by atoms with Gasteiger partial charge in [0.15, 0.2) is 0 Å². The maximum atomic E-state index is 11.1. The molecular weight excluding hydrogens is 304 g/mol. The van der Waals surface area contributed by atoms with Crippen LogP contribution in [-0.2, 0) is 0 Å². The van der Waals surface area contributed by atoms with E-state index in [1.165, 1.54) is 29.7 Å². The van der Waals surface area contributed by atoms with Gasteiger partial charge in [-0.15, -0.1) is 0 Å². The van der Waals surface area contributed by atoms with Gasteiger partial charge in [0.1, 0.15) is 12.1 Å². The topological polar surface area (TPSA) is 32.7 Å². The summed E-state index contributed by atoms with van der Waals surface area (Å²) >= 11 is 1.73. The van der Waals surface area contributed by atoms with Gasteiger partial charge in [0.05, 0.1) is 5.69 Å². The van der Waals surface area contributed by atoms with E-state index in [-0.39, 0.29) is 0 Å². The minimum absolute atomic E-state index is 0.678. The number of benzene rings is 2. The number of aldehydes is 1. The maximum absolute atomic E-state index is 11.1. The Morgan fingerprint density at radius 1 is 1.00 bits per heavy atom. The summed E-state index contributed by atoms with van der Waals surface area (Å²) in [6, 6.07) is 14.2. The zero-order valence-electron chi connectivity index (χ0n) is 12.9. The molecule has 23 heavy (non-hydrogen) atoms. The Bertz CT molecular complexity index is 779. The highest BCUT2D eigenvalue weighted by Crippen LogP contribution is 2.41. The first-order valence-corrected chi connectivity index (χ1v) is 8.87. The second-order valence-electron chi connectivity index (χ2n) is 5.93. The van der Waals surface area contributed by atoms with Gasteiger partial charge < -0.3 is 4.90 Å². The Balaban J connectivity index is 1.87. The lowest BCUT2D eigenvalue weighted by atomic mass is 10.1. The molecule has 0 bridgehead atoms. The van der Waals surface area contributed by atoms with Gasteiger partial charge in [-0.1, -0.05) is 36.0 Å². The third-order valence-electron chi connectivity index (χ3n) is 4.35. The molecule has 4 rings (SSSR count). The molecule has 0 saturated carbocycles. The predicted molar refractivity (Wildman–Crippen MR) is 94.0 cm³/mol. The van der Waals surface area contributed by atoms with E-state index >= 15 is 0 Å². The number of aliphatic imine (C=N–C) groups is 1. The molecule has 2 aliphatic rings. The van der Waals surface area contributed by atoms with Gasteiger partial charge in [-0.05, 0) is 37.5 Å². The molecule has 0 N–H and O–H groups in total. The van der Waals surface area contributed by atoms with Gasteiger partial charge in [-0.25, -0.2) is 4.99 Å². The average molecular weight is 322 g/mol. The predicted octanol–water partition coefficient (Wildman–Crippen LogP) is 4.53. The van der Waals surface area contributed by atoms with Crippen LogP contribution in [0.15, 0.2) is 57.2 Å². The molecule has 2 aliphatic heterocycles. The average Bonchev–Trinajstić information content (AvgIpc) is 2.78. The number of nitrogens with zero attached hydrogens (tertiary/aromatic N) is 2. The molecule has 2 heterocycles. The van der Waals surface area contributed by atoms with E-state index in [9.17, 15) is 4.79 Å². The van der Waals surface area contributed by atoms with Gasteiger partial charge >= 0.3 is 0 Å². The first kappa shape index (κ1) is 14.5. The number of hydrogen-bond acceptors (Lipinski definition) is 4. The largest absolute Gasteiger partial charge is 0.356 e. The second kappa shape index (κ2) is 6.20. The van der Waals surface area contributed by atoms with Crippen LogP contribution in [0.1, 0.15) is 35.2 Å². The van der Waals surface area contributed by atoms with Crippen LogP contribution >= 0.6 is 11.8 Å². The van der Waals surface area contributed by atoms with Crippen molar-refractivity contribution in [1.82, 2.24) is 4.90 Å². The van der Waals surface area contributed by atoms with Crippen LogP contribution in [0.3, 0.4) is 0 Å². The molecule has 2 aromatic carbocycles. The molecule has 1 saturated heterocycles. The molecule has 1 fully saturated rings. The molecular formula is C19H18N2OS. The van der Waals surface area contributed by atoms with Gasteiger partial charge in [0, 0.05) is 34.0 Å². The van der Waals surface area contributed by atoms with E-state index in [1.807, 2.05) is 18.2 Å². The third kappa shape index (κ3) is 2.79. The summed E-state index contributed by atoms with van der Waals surface area (Å²) < 4.78 is 0. The van der Waals surface area contributed by atoms with Gasteiger partial charge in [0.25, 0.3) is 0 Å². The Kier molecular flexibility index (Phi) is 3.92. The Hall–Kier alpha value is -2.07. The first-order chi connectivity index (χ1) is 11.3. The van der Waals surface area contributed by atoms with Crippen molar-refractivity contribution in [2.75, 3.05) is 13.1 Å². The smallest absolute Gasteiger partial charge is 0.150 e. The van der Waals surface area contributed by atoms with Crippen LogP contribution in [0.25, 0.3) is 0 Å². The van der Waals surface area contributed by atoms with Crippen LogP contribution in [0, 0.1) is 0 Å². The first-order valence-electron chi connectivity index (χ1n) is 8.05. The number of rotatable bonds is 1. The van der Waals surface area contributed by atoms with E-state index in [4.69, 9.17) is 4.99 Å². The van der Waals surface area contributed by atoms with Crippen LogP contribution in [0.5, 0.6) is 0 Å². The molecule has 0 spiro atoms. The molecule has 0 atom stereocenters. The number of carbonyl (C=O) groups is 1. The van der Waals surface area contributed by atoms with Crippen molar-refractivity contribution < 1.29 is 4.79 Å². The molecule has 4 heteroatoms. The lowest BCUT2D eigenvalue weighted by molar-refractivity contribution is 0.112. The van der Waals surface area contributed by atoms with Crippen LogP contribution in [0.2, 0.25) is 0 Å². The number of amidine groups is 1.